The van der Waals surface area contributed by atoms with Gasteiger partial charge in [0, 0.05) is 12.1 Å². The summed E-state index contributed by atoms with van der Waals surface area (Å²) in [6.07, 6.45) is 2.83. The van der Waals surface area contributed by atoms with Crippen LogP contribution in [0, 0.1) is 11.8 Å². The quantitative estimate of drug-likeness (QED) is 0.732. The standard InChI is InChI=1S/C19H30N2O3S.ClH/c1-14(2)25(23,24)13-16-6-4-8-18(11-16)21-19(22)10-15(3)17-7-5-9-20-12-17;/h4,6,8,11,14-15,17,20H,5,7,9-10,12-13H2,1-3H3,(H,21,22);1H. The zero-order valence-corrected chi connectivity index (χ0v) is 17.5. The van der Waals surface area contributed by atoms with E-state index in [0.29, 0.717) is 29.5 Å². The lowest BCUT2D eigenvalue weighted by Gasteiger charge is -2.28. The van der Waals surface area contributed by atoms with Crippen molar-refractivity contribution in [3.63, 3.8) is 0 Å². The molecule has 1 fully saturated rings. The van der Waals surface area contributed by atoms with Gasteiger partial charge in [-0.1, -0.05) is 19.1 Å². The van der Waals surface area contributed by atoms with E-state index >= 15 is 0 Å². The van der Waals surface area contributed by atoms with Crippen molar-refractivity contribution in [2.45, 2.75) is 51.0 Å². The molecule has 0 aromatic heterocycles. The van der Waals surface area contributed by atoms with Crippen molar-refractivity contribution in [1.82, 2.24) is 5.32 Å². The average molecular weight is 403 g/mol. The molecule has 2 rings (SSSR count). The molecule has 0 aliphatic carbocycles. The number of anilines is 1. The van der Waals surface area contributed by atoms with E-state index in [0.717, 1.165) is 13.1 Å². The maximum Gasteiger partial charge on any atom is 0.224 e. The van der Waals surface area contributed by atoms with Crippen LogP contribution in [-0.2, 0) is 20.4 Å². The van der Waals surface area contributed by atoms with Crippen LogP contribution in [0.2, 0.25) is 0 Å². The van der Waals surface area contributed by atoms with Gasteiger partial charge in [-0.2, -0.15) is 0 Å². The zero-order chi connectivity index (χ0) is 18.4. The van der Waals surface area contributed by atoms with Crippen LogP contribution >= 0.6 is 12.4 Å². The number of amides is 1. The molecule has 1 aromatic carbocycles. The first-order valence-electron chi connectivity index (χ1n) is 9.09. The number of sulfone groups is 1. The highest BCUT2D eigenvalue weighted by Crippen LogP contribution is 2.23. The second-order valence-electron chi connectivity index (χ2n) is 7.39. The summed E-state index contributed by atoms with van der Waals surface area (Å²) >= 11 is 0. The van der Waals surface area contributed by atoms with Crippen molar-refractivity contribution in [3.05, 3.63) is 29.8 Å². The molecule has 7 heteroatoms. The fourth-order valence-corrected chi connectivity index (χ4v) is 4.15. The first kappa shape index (κ1) is 22.9. The van der Waals surface area contributed by atoms with Crippen molar-refractivity contribution < 1.29 is 13.2 Å². The fourth-order valence-electron chi connectivity index (χ4n) is 3.17. The van der Waals surface area contributed by atoms with Gasteiger partial charge >= 0.3 is 0 Å². The van der Waals surface area contributed by atoms with E-state index < -0.39 is 15.1 Å². The van der Waals surface area contributed by atoms with Crippen LogP contribution in [-0.4, -0.2) is 32.7 Å². The Morgan fingerprint density at radius 1 is 1.31 bits per heavy atom. The van der Waals surface area contributed by atoms with Crippen LogP contribution in [0.1, 0.15) is 45.6 Å². The van der Waals surface area contributed by atoms with E-state index in [-0.39, 0.29) is 24.1 Å². The van der Waals surface area contributed by atoms with E-state index in [2.05, 4.69) is 17.6 Å². The third-order valence-corrected chi connectivity index (χ3v) is 7.12. The molecule has 0 saturated carbocycles. The Morgan fingerprint density at radius 2 is 2.04 bits per heavy atom. The molecule has 1 aliphatic rings. The first-order valence-corrected chi connectivity index (χ1v) is 10.8. The summed E-state index contributed by atoms with van der Waals surface area (Å²) in [6, 6.07) is 7.13. The van der Waals surface area contributed by atoms with Gasteiger partial charge < -0.3 is 10.6 Å². The molecule has 2 atom stereocenters. The smallest absolute Gasteiger partial charge is 0.224 e. The second kappa shape index (κ2) is 10.3. The summed E-state index contributed by atoms with van der Waals surface area (Å²) < 4.78 is 24.1. The van der Waals surface area contributed by atoms with Gasteiger partial charge in [-0.15, -0.1) is 12.4 Å². The predicted molar refractivity (Wildman–Crippen MR) is 109 cm³/mol. The Kier molecular flexibility index (Phi) is 9.07. The number of rotatable bonds is 7. The Balaban J connectivity index is 0.00000338. The molecule has 5 nitrogen and oxygen atoms in total. The van der Waals surface area contributed by atoms with Crippen LogP contribution in [0.4, 0.5) is 5.69 Å². The molecule has 0 radical (unpaired) electrons. The van der Waals surface area contributed by atoms with E-state index in [1.807, 2.05) is 0 Å². The number of nitrogens with one attached hydrogen (secondary N) is 2. The molecule has 0 spiro atoms. The summed E-state index contributed by atoms with van der Waals surface area (Å²) in [5.41, 5.74) is 1.37. The number of carbonyl (C=O) groups is 1. The monoisotopic (exact) mass is 402 g/mol. The van der Waals surface area contributed by atoms with Crippen molar-refractivity contribution in [3.8, 4) is 0 Å². The molecule has 1 amide bonds. The van der Waals surface area contributed by atoms with E-state index in [1.54, 1.807) is 38.1 Å². The Labute approximate surface area is 163 Å². The van der Waals surface area contributed by atoms with Gasteiger partial charge in [0.15, 0.2) is 9.84 Å². The van der Waals surface area contributed by atoms with E-state index in [1.165, 1.54) is 12.8 Å². The van der Waals surface area contributed by atoms with Crippen molar-refractivity contribution in [2.75, 3.05) is 18.4 Å². The zero-order valence-electron chi connectivity index (χ0n) is 15.8. The van der Waals surface area contributed by atoms with Gasteiger partial charge in [0.2, 0.25) is 5.91 Å². The van der Waals surface area contributed by atoms with Crippen LogP contribution in [0.3, 0.4) is 0 Å². The van der Waals surface area contributed by atoms with Crippen molar-refractivity contribution in [1.29, 1.82) is 0 Å². The summed E-state index contributed by atoms with van der Waals surface area (Å²) in [7, 11) is -3.15. The van der Waals surface area contributed by atoms with E-state index in [9.17, 15) is 13.2 Å². The first-order chi connectivity index (χ1) is 11.8. The predicted octanol–water partition coefficient (Wildman–Crippen LogP) is 3.40. The average Bonchev–Trinajstić information content (AvgIpc) is 2.55. The maximum absolute atomic E-state index is 12.3. The Bertz CT molecular complexity index is 686. The molecule has 0 bridgehead atoms. The molecule has 1 aromatic rings. The Hall–Kier alpha value is -1.11. The number of hydrogen-bond acceptors (Lipinski definition) is 4. The topological polar surface area (TPSA) is 75.3 Å². The van der Waals surface area contributed by atoms with Crippen LogP contribution < -0.4 is 10.6 Å². The van der Waals surface area contributed by atoms with Crippen molar-refractivity contribution in [2.24, 2.45) is 11.8 Å². The molecule has 26 heavy (non-hydrogen) atoms. The summed E-state index contributed by atoms with van der Waals surface area (Å²) in [6.45, 7) is 7.55. The van der Waals surface area contributed by atoms with Gasteiger partial charge in [0.05, 0.1) is 11.0 Å². The molecule has 1 saturated heterocycles. The van der Waals surface area contributed by atoms with E-state index in [4.69, 9.17) is 0 Å². The largest absolute Gasteiger partial charge is 0.326 e. The highest BCUT2D eigenvalue weighted by Gasteiger charge is 2.22. The summed E-state index contributed by atoms with van der Waals surface area (Å²) in [5, 5.41) is 5.89. The minimum Gasteiger partial charge on any atom is -0.326 e. The van der Waals surface area contributed by atoms with Gasteiger partial charge in [-0.05, 0) is 69.3 Å². The minimum atomic E-state index is -3.15. The third kappa shape index (κ3) is 6.89. The number of carbonyl (C=O) groups excluding carboxylic acids is 1. The number of piperidine rings is 1. The molecule has 1 aliphatic heterocycles. The van der Waals surface area contributed by atoms with Crippen LogP contribution in [0.25, 0.3) is 0 Å². The normalized spacial score (nSPS) is 18.8. The van der Waals surface area contributed by atoms with Crippen LogP contribution in [0.15, 0.2) is 24.3 Å². The molecule has 2 N–H and O–H groups in total. The highest BCUT2D eigenvalue weighted by atomic mass is 35.5. The molecule has 148 valence electrons. The second-order valence-corrected chi connectivity index (χ2v) is 9.95. The highest BCUT2D eigenvalue weighted by molar-refractivity contribution is 7.91. The minimum absolute atomic E-state index is 0. The van der Waals surface area contributed by atoms with Crippen LogP contribution in [0.5, 0.6) is 0 Å². The Morgan fingerprint density at radius 3 is 2.65 bits per heavy atom. The van der Waals surface area contributed by atoms with Gasteiger partial charge in [0.25, 0.3) is 0 Å². The number of hydrogen-bond donors (Lipinski definition) is 2. The molecular weight excluding hydrogens is 372 g/mol. The summed E-state index contributed by atoms with van der Waals surface area (Å²) in [4.78, 5) is 12.3. The lowest BCUT2D eigenvalue weighted by atomic mass is 9.85. The number of benzene rings is 1. The number of halogens is 1. The molecule has 1 heterocycles. The van der Waals surface area contributed by atoms with Gasteiger partial charge in [-0.3, -0.25) is 4.79 Å². The molecule has 2 unspecified atom stereocenters. The van der Waals surface area contributed by atoms with Crippen molar-refractivity contribution >= 4 is 33.8 Å². The fraction of sp³-hybridized carbons (Fsp3) is 0.632. The van der Waals surface area contributed by atoms with Gasteiger partial charge in [-0.25, -0.2) is 8.42 Å². The SMILES string of the molecule is CC(CC(=O)Nc1cccc(CS(=O)(=O)C(C)C)c1)C1CCCNC1.Cl. The lowest BCUT2D eigenvalue weighted by Crippen LogP contribution is -2.34. The molecular formula is C19H31ClN2O3S. The maximum atomic E-state index is 12.3. The summed E-state index contributed by atoms with van der Waals surface area (Å²) in [5.74, 6) is 0.861. The third-order valence-electron chi connectivity index (χ3n) is 4.94. The van der Waals surface area contributed by atoms with Gasteiger partial charge in [0.1, 0.15) is 0 Å². The lowest BCUT2D eigenvalue weighted by molar-refractivity contribution is -0.117.